The molecule has 0 spiro atoms. The van der Waals surface area contributed by atoms with Gasteiger partial charge in [-0.3, -0.25) is 9.36 Å². The summed E-state index contributed by atoms with van der Waals surface area (Å²) >= 11 is 0. The number of aromatic nitrogens is 3. The molecule has 0 bridgehead atoms. The first-order chi connectivity index (χ1) is 15.4. The van der Waals surface area contributed by atoms with Crippen LogP contribution in [0.15, 0.2) is 41.5 Å². The SMILES string of the molecule is CCn1cnn(-c2cc(O[C@@H](C)C(F)(F)F)c(C(=O)Nc3c(C)cccc3F)cc2F)c1=O. The minimum absolute atomic E-state index is 0.220. The van der Waals surface area contributed by atoms with E-state index in [2.05, 4.69) is 10.4 Å². The summed E-state index contributed by atoms with van der Waals surface area (Å²) in [5.74, 6) is -3.69. The maximum atomic E-state index is 14.9. The minimum Gasteiger partial charge on any atom is -0.480 e. The van der Waals surface area contributed by atoms with Gasteiger partial charge in [0.05, 0.1) is 11.3 Å². The average molecular weight is 470 g/mol. The molecule has 33 heavy (non-hydrogen) atoms. The molecule has 3 aromatic rings. The van der Waals surface area contributed by atoms with E-state index in [-0.39, 0.29) is 12.2 Å². The third-order valence-corrected chi connectivity index (χ3v) is 4.82. The number of aryl methyl sites for hydroxylation is 2. The second-order valence-electron chi connectivity index (χ2n) is 7.10. The number of hydrogen-bond acceptors (Lipinski definition) is 4. The standard InChI is InChI=1S/C21H19F5N4O3/c1-4-29-10-27-30(20(29)32)16-9-17(33-12(3)21(24,25)26)13(8-15(16)23)19(31)28-18-11(2)6-5-7-14(18)22/h5-10,12H,4H2,1-3H3,(H,28,31)/t12-/m0/s1. The number of halogens is 5. The number of para-hydroxylation sites is 1. The van der Waals surface area contributed by atoms with Crippen LogP contribution < -0.4 is 15.7 Å². The molecule has 0 aliphatic carbocycles. The number of nitrogens with zero attached hydrogens (tertiary/aromatic N) is 3. The Hall–Kier alpha value is -3.70. The fourth-order valence-corrected chi connectivity index (χ4v) is 2.92. The lowest BCUT2D eigenvalue weighted by Crippen LogP contribution is -2.32. The molecule has 0 radical (unpaired) electrons. The van der Waals surface area contributed by atoms with Crippen molar-refractivity contribution < 1.29 is 31.5 Å². The van der Waals surface area contributed by atoms with Crippen LogP contribution in [-0.4, -0.2) is 32.5 Å². The molecule has 1 N–H and O–H groups in total. The van der Waals surface area contributed by atoms with Crippen molar-refractivity contribution in [1.29, 1.82) is 0 Å². The van der Waals surface area contributed by atoms with Gasteiger partial charge in [0.2, 0.25) is 0 Å². The molecule has 1 amide bonds. The van der Waals surface area contributed by atoms with Gasteiger partial charge >= 0.3 is 11.9 Å². The van der Waals surface area contributed by atoms with Crippen LogP contribution in [0.4, 0.5) is 27.6 Å². The largest absolute Gasteiger partial charge is 0.480 e. The average Bonchev–Trinajstić information content (AvgIpc) is 3.11. The zero-order chi connectivity index (χ0) is 24.5. The summed E-state index contributed by atoms with van der Waals surface area (Å²) < 4.78 is 75.1. The Labute approximate surface area is 184 Å². The van der Waals surface area contributed by atoms with Crippen LogP contribution in [0.3, 0.4) is 0 Å². The Bertz CT molecular complexity index is 1230. The van der Waals surface area contributed by atoms with Gasteiger partial charge in [-0.1, -0.05) is 12.1 Å². The van der Waals surface area contributed by atoms with E-state index in [4.69, 9.17) is 4.74 Å². The van der Waals surface area contributed by atoms with Crippen LogP contribution in [0.25, 0.3) is 5.69 Å². The van der Waals surface area contributed by atoms with Crippen molar-refractivity contribution in [2.45, 2.75) is 39.6 Å². The predicted octanol–water partition coefficient (Wildman–Crippen LogP) is 4.22. The molecule has 2 aromatic carbocycles. The number of carbonyl (C=O) groups excluding carboxylic acids is 1. The van der Waals surface area contributed by atoms with Crippen molar-refractivity contribution >= 4 is 11.6 Å². The molecular formula is C21H19F5N4O3. The summed E-state index contributed by atoms with van der Waals surface area (Å²) in [6.45, 7) is 4.06. The first kappa shape index (κ1) is 24.0. The number of hydrogen-bond donors (Lipinski definition) is 1. The fourth-order valence-electron chi connectivity index (χ4n) is 2.92. The molecule has 7 nitrogen and oxygen atoms in total. The van der Waals surface area contributed by atoms with Crippen LogP contribution in [0, 0.1) is 18.6 Å². The van der Waals surface area contributed by atoms with Gasteiger partial charge in [0.15, 0.2) is 6.10 Å². The molecule has 1 atom stereocenters. The van der Waals surface area contributed by atoms with E-state index in [9.17, 15) is 31.5 Å². The summed E-state index contributed by atoms with van der Waals surface area (Å²) in [4.78, 5) is 25.1. The summed E-state index contributed by atoms with van der Waals surface area (Å²) in [5.41, 5.74) is -1.78. The van der Waals surface area contributed by atoms with Gasteiger partial charge in [0.1, 0.15) is 29.4 Å². The number of ether oxygens (including phenoxy) is 1. The number of alkyl halides is 3. The molecule has 0 saturated heterocycles. The third-order valence-electron chi connectivity index (χ3n) is 4.82. The second kappa shape index (κ2) is 9.04. The summed E-state index contributed by atoms with van der Waals surface area (Å²) in [5, 5.41) is 5.98. The van der Waals surface area contributed by atoms with Crippen LogP contribution in [-0.2, 0) is 6.54 Å². The van der Waals surface area contributed by atoms with Crippen LogP contribution >= 0.6 is 0 Å². The molecule has 0 aliphatic heterocycles. The van der Waals surface area contributed by atoms with Gasteiger partial charge in [0, 0.05) is 12.6 Å². The van der Waals surface area contributed by atoms with Crippen molar-refractivity contribution in [3.63, 3.8) is 0 Å². The Morgan fingerprint density at radius 3 is 2.48 bits per heavy atom. The fraction of sp³-hybridized carbons (Fsp3) is 0.286. The quantitative estimate of drug-likeness (QED) is 0.548. The Morgan fingerprint density at radius 2 is 1.91 bits per heavy atom. The summed E-state index contributed by atoms with van der Waals surface area (Å²) in [6.07, 6.45) is -6.05. The molecule has 3 rings (SSSR count). The first-order valence-corrected chi connectivity index (χ1v) is 9.72. The van der Waals surface area contributed by atoms with Crippen molar-refractivity contribution in [2.75, 3.05) is 5.32 Å². The van der Waals surface area contributed by atoms with Crippen LogP contribution in [0.1, 0.15) is 29.8 Å². The summed E-state index contributed by atoms with van der Waals surface area (Å²) in [7, 11) is 0. The Balaban J connectivity index is 2.12. The maximum absolute atomic E-state index is 14.9. The van der Waals surface area contributed by atoms with Crippen LogP contribution in [0.5, 0.6) is 5.75 Å². The molecule has 1 aromatic heterocycles. The lowest BCUT2D eigenvalue weighted by atomic mass is 10.1. The van der Waals surface area contributed by atoms with E-state index >= 15 is 0 Å². The van der Waals surface area contributed by atoms with Gasteiger partial charge in [-0.05, 0) is 38.5 Å². The van der Waals surface area contributed by atoms with Gasteiger partial charge in [-0.2, -0.15) is 23.0 Å². The Morgan fingerprint density at radius 1 is 1.21 bits per heavy atom. The van der Waals surface area contributed by atoms with Crippen molar-refractivity contribution in [3.8, 4) is 11.4 Å². The molecule has 0 saturated carbocycles. The third kappa shape index (κ3) is 4.89. The van der Waals surface area contributed by atoms with Gasteiger partial charge < -0.3 is 10.1 Å². The van der Waals surface area contributed by atoms with Crippen LogP contribution in [0.2, 0.25) is 0 Å². The van der Waals surface area contributed by atoms with E-state index in [0.29, 0.717) is 23.2 Å². The number of rotatable bonds is 6. The number of carbonyl (C=O) groups is 1. The number of benzene rings is 2. The van der Waals surface area contributed by atoms with E-state index in [0.717, 1.165) is 23.0 Å². The first-order valence-electron chi connectivity index (χ1n) is 9.72. The highest BCUT2D eigenvalue weighted by molar-refractivity contribution is 6.06. The van der Waals surface area contributed by atoms with Crippen molar-refractivity contribution in [3.05, 3.63) is 69.9 Å². The monoisotopic (exact) mass is 470 g/mol. The second-order valence-corrected chi connectivity index (χ2v) is 7.10. The highest BCUT2D eigenvalue weighted by Crippen LogP contribution is 2.31. The normalized spacial score (nSPS) is 12.5. The predicted molar refractivity (Wildman–Crippen MR) is 109 cm³/mol. The minimum atomic E-state index is -4.80. The van der Waals surface area contributed by atoms with Crippen molar-refractivity contribution in [2.24, 2.45) is 0 Å². The lowest BCUT2D eigenvalue weighted by Gasteiger charge is -2.20. The topological polar surface area (TPSA) is 78.2 Å². The Kier molecular flexibility index (Phi) is 6.56. The molecular weight excluding hydrogens is 451 g/mol. The number of amides is 1. The van der Waals surface area contributed by atoms with Crippen molar-refractivity contribution in [1.82, 2.24) is 14.3 Å². The summed E-state index contributed by atoms with van der Waals surface area (Å²) in [6, 6.07) is 5.36. The van der Waals surface area contributed by atoms with E-state index in [1.807, 2.05) is 0 Å². The highest BCUT2D eigenvalue weighted by Gasteiger charge is 2.39. The number of anilines is 1. The molecule has 12 heteroatoms. The molecule has 176 valence electrons. The zero-order valence-electron chi connectivity index (χ0n) is 17.7. The highest BCUT2D eigenvalue weighted by atomic mass is 19.4. The van der Waals surface area contributed by atoms with E-state index in [1.165, 1.54) is 19.1 Å². The van der Waals surface area contributed by atoms with Gasteiger partial charge in [-0.15, -0.1) is 0 Å². The number of nitrogens with one attached hydrogen (secondary N) is 1. The smallest absolute Gasteiger partial charge is 0.425 e. The molecule has 0 unspecified atom stereocenters. The molecule has 0 aliphatic rings. The maximum Gasteiger partial charge on any atom is 0.425 e. The zero-order valence-corrected chi connectivity index (χ0v) is 17.7. The lowest BCUT2D eigenvalue weighted by molar-refractivity contribution is -0.189. The van der Waals surface area contributed by atoms with E-state index < -0.39 is 52.5 Å². The van der Waals surface area contributed by atoms with Gasteiger partial charge in [0.25, 0.3) is 5.91 Å². The van der Waals surface area contributed by atoms with E-state index in [1.54, 1.807) is 6.92 Å². The van der Waals surface area contributed by atoms with Gasteiger partial charge in [-0.25, -0.2) is 13.6 Å². The molecule has 1 heterocycles. The molecule has 0 fully saturated rings.